The summed E-state index contributed by atoms with van der Waals surface area (Å²) in [5.41, 5.74) is 3.75. The molecule has 3 nitrogen and oxygen atoms in total. The van der Waals surface area contributed by atoms with Crippen LogP contribution in [-0.2, 0) is 11.2 Å². The van der Waals surface area contributed by atoms with Crippen molar-refractivity contribution in [2.45, 2.75) is 13.3 Å². The number of halogens is 1. The van der Waals surface area contributed by atoms with Crippen molar-refractivity contribution >= 4 is 16.8 Å². The van der Waals surface area contributed by atoms with Crippen molar-refractivity contribution in [3.63, 3.8) is 0 Å². The van der Waals surface area contributed by atoms with Gasteiger partial charge in [-0.1, -0.05) is 18.2 Å². The highest BCUT2D eigenvalue weighted by atomic mass is 19.1. The number of nitrogens with zero attached hydrogens (tertiary/aromatic N) is 2. The molecule has 118 valence electrons. The molecule has 0 saturated heterocycles. The van der Waals surface area contributed by atoms with Gasteiger partial charge in [-0.25, -0.2) is 4.39 Å². The molecule has 2 aromatic carbocycles. The van der Waals surface area contributed by atoms with Crippen molar-refractivity contribution in [2.75, 3.05) is 14.1 Å². The van der Waals surface area contributed by atoms with E-state index in [2.05, 4.69) is 0 Å². The van der Waals surface area contributed by atoms with Crippen LogP contribution in [0.3, 0.4) is 0 Å². The average molecular weight is 310 g/mol. The molecule has 0 saturated carbocycles. The Balaban J connectivity index is 2.06. The molecule has 0 bridgehead atoms. The second-order valence-corrected chi connectivity index (χ2v) is 5.95. The molecule has 0 radical (unpaired) electrons. The Morgan fingerprint density at radius 3 is 2.70 bits per heavy atom. The van der Waals surface area contributed by atoms with Gasteiger partial charge in [0.15, 0.2) is 0 Å². The fourth-order valence-electron chi connectivity index (χ4n) is 2.76. The van der Waals surface area contributed by atoms with Crippen LogP contribution >= 0.6 is 0 Å². The third-order valence-corrected chi connectivity index (χ3v) is 4.04. The van der Waals surface area contributed by atoms with Gasteiger partial charge in [0, 0.05) is 31.4 Å². The van der Waals surface area contributed by atoms with E-state index in [1.165, 1.54) is 6.07 Å². The number of amides is 1. The zero-order valence-electron chi connectivity index (χ0n) is 13.5. The number of carbonyl (C=O) groups excluding carboxylic acids is 1. The summed E-state index contributed by atoms with van der Waals surface area (Å²) in [7, 11) is 3.50. The van der Waals surface area contributed by atoms with E-state index in [9.17, 15) is 9.18 Å². The summed E-state index contributed by atoms with van der Waals surface area (Å²) < 4.78 is 15.9. The van der Waals surface area contributed by atoms with Crippen molar-refractivity contribution in [1.29, 1.82) is 0 Å². The van der Waals surface area contributed by atoms with Gasteiger partial charge in [-0.05, 0) is 42.3 Å². The van der Waals surface area contributed by atoms with Crippen LogP contribution in [0.15, 0.2) is 48.7 Å². The summed E-state index contributed by atoms with van der Waals surface area (Å²) in [4.78, 5) is 13.5. The van der Waals surface area contributed by atoms with Crippen LogP contribution in [0.1, 0.15) is 11.1 Å². The molecule has 1 heterocycles. The lowest BCUT2D eigenvalue weighted by atomic mass is 10.1. The van der Waals surface area contributed by atoms with Crippen molar-refractivity contribution in [3.05, 3.63) is 65.6 Å². The second kappa shape index (κ2) is 5.88. The topological polar surface area (TPSA) is 25.2 Å². The Morgan fingerprint density at radius 1 is 1.17 bits per heavy atom. The highest BCUT2D eigenvalue weighted by Crippen LogP contribution is 2.26. The van der Waals surface area contributed by atoms with Gasteiger partial charge >= 0.3 is 0 Å². The lowest BCUT2D eigenvalue weighted by Gasteiger charge is -2.12. The first-order valence-corrected chi connectivity index (χ1v) is 7.53. The van der Waals surface area contributed by atoms with E-state index in [1.807, 2.05) is 42.0 Å². The summed E-state index contributed by atoms with van der Waals surface area (Å²) in [6.07, 6.45) is 2.22. The van der Waals surface area contributed by atoms with E-state index in [1.54, 1.807) is 31.1 Å². The van der Waals surface area contributed by atoms with Gasteiger partial charge in [0.2, 0.25) is 5.91 Å². The van der Waals surface area contributed by atoms with Crippen molar-refractivity contribution in [1.82, 2.24) is 9.47 Å². The van der Waals surface area contributed by atoms with Crippen molar-refractivity contribution < 1.29 is 9.18 Å². The first-order chi connectivity index (χ1) is 11.0. The Hall–Kier alpha value is -2.62. The van der Waals surface area contributed by atoms with Crippen LogP contribution < -0.4 is 0 Å². The van der Waals surface area contributed by atoms with Gasteiger partial charge in [0.1, 0.15) is 5.82 Å². The van der Waals surface area contributed by atoms with E-state index >= 15 is 0 Å². The van der Waals surface area contributed by atoms with E-state index < -0.39 is 0 Å². The highest BCUT2D eigenvalue weighted by Gasteiger charge is 2.11. The second-order valence-electron chi connectivity index (χ2n) is 5.95. The summed E-state index contributed by atoms with van der Waals surface area (Å²) in [6, 6.07) is 12.9. The third kappa shape index (κ3) is 2.84. The molecular formula is C19H19FN2O. The third-order valence-electron chi connectivity index (χ3n) is 4.04. The van der Waals surface area contributed by atoms with Crippen LogP contribution in [0.4, 0.5) is 4.39 Å². The molecule has 0 aliphatic rings. The predicted molar refractivity (Wildman–Crippen MR) is 90.4 cm³/mol. The van der Waals surface area contributed by atoms with E-state index in [4.69, 9.17) is 0 Å². The predicted octanol–water partition coefficient (Wildman–Crippen LogP) is 3.71. The van der Waals surface area contributed by atoms with Crippen LogP contribution in [-0.4, -0.2) is 29.5 Å². The molecule has 0 unspecified atom stereocenters. The summed E-state index contributed by atoms with van der Waals surface area (Å²) in [6.45, 7) is 1.97. The van der Waals surface area contributed by atoms with Gasteiger partial charge in [-0.15, -0.1) is 0 Å². The Kier molecular flexibility index (Phi) is 3.90. The number of rotatable bonds is 3. The van der Waals surface area contributed by atoms with Crippen LogP contribution in [0.25, 0.3) is 16.6 Å². The lowest BCUT2D eigenvalue weighted by Crippen LogP contribution is -2.23. The largest absolute Gasteiger partial charge is 0.349 e. The number of likely N-dealkylation sites (N-methyl/N-ethyl adjacent to an activating group) is 1. The Morgan fingerprint density at radius 2 is 1.96 bits per heavy atom. The van der Waals surface area contributed by atoms with E-state index in [0.717, 1.165) is 22.3 Å². The molecule has 1 amide bonds. The van der Waals surface area contributed by atoms with Gasteiger partial charge < -0.3 is 9.47 Å². The maximum absolute atomic E-state index is 14.0. The zero-order chi connectivity index (χ0) is 16.6. The van der Waals surface area contributed by atoms with Crippen LogP contribution in [0, 0.1) is 12.7 Å². The molecule has 1 aromatic heterocycles. The average Bonchev–Trinajstić information content (AvgIpc) is 2.97. The van der Waals surface area contributed by atoms with E-state index in [-0.39, 0.29) is 11.7 Å². The van der Waals surface area contributed by atoms with Gasteiger partial charge in [0.05, 0.1) is 11.9 Å². The quantitative estimate of drug-likeness (QED) is 0.724. The Bertz CT molecular complexity index is 880. The van der Waals surface area contributed by atoms with Crippen molar-refractivity contribution in [2.24, 2.45) is 0 Å². The van der Waals surface area contributed by atoms with E-state index in [0.29, 0.717) is 11.8 Å². The molecule has 0 N–H and O–H groups in total. The maximum Gasteiger partial charge on any atom is 0.226 e. The minimum atomic E-state index is -0.219. The standard InChI is InChI=1S/C19H19FN2O/c1-13-7-8-17(20)16-9-10-22(19(13)16)15-6-4-5-14(11-15)12-18(23)21(2)3/h4-11H,12H2,1-3H3. The normalized spacial score (nSPS) is 11.0. The molecule has 0 aliphatic heterocycles. The molecule has 4 heteroatoms. The monoisotopic (exact) mass is 310 g/mol. The first kappa shape index (κ1) is 15.3. The number of carbonyl (C=O) groups is 1. The first-order valence-electron chi connectivity index (χ1n) is 7.53. The number of fused-ring (bicyclic) bond motifs is 1. The minimum absolute atomic E-state index is 0.0572. The molecule has 0 spiro atoms. The summed E-state index contributed by atoms with van der Waals surface area (Å²) in [5.74, 6) is -0.162. The van der Waals surface area contributed by atoms with Gasteiger partial charge in [-0.3, -0.25) is 4.79 Å². The number of aryl methyl sites for hydroxylation is 1. The van der Waals surface area contributed by atoms with Gasteiger partial charge in [-0.2, -0.15) is 0 Å². The number of hydrogen-bond acceptors (Lipinski definition) is 1. The summed E-state index contributed by atoms with van der Waals surface area (Å²) in [5, 5.41) is 0.611. The number of hydrogen-bond donors (Lipinski definition) is 0. The molecule has 3 aromatic rings. The molecular weight excluding hydrogens is 291 g/mol. The smallest absolute Gasteiger partial charge is 0.226 e. The maximum atomic E-state index is 14.0. The molecule has 3 rings (SSSR count). The minimum Gasteiger partial charge on any atom is -0.349 e. The number of benzene rings is 2. The number of aromatic nitrogens is 1. The van der Waals surface area contributed by atoms with Crippen LogP contribution in [0.2, 0.25) is 0 Å². The SMILES string of the molecule is Cc1ccc(F)c2ccn(-c3cccc(CC(=O)N(C)C)c3)c12. The Labute approximate surface area is 135 Å². The molecule has 23 heavy (non-hydrogen) atoms. The van der Waals surface area contributed by atoms with Crippen molar-refractivity contribution in [3.8, 4) is 5.69 Å². The lowest BCUT2D eigenvalue weighted by molar-refractivity contribution is -0.127. The highest BCUT2D eigenvalue weighted by molar-refractivity contribution is 5.85. The van der Waals surface area contributed by atoms with Crippen LogP contribution in [0.5, 0.6) is 0 Å². The fourth-order valence-corrected chi connectivity index (χ4v) is 2.76. The fraction of sp³-hybridized carbons (Fsp3) is 0.211. The summed E-state index contributed by atoms with van der Waals surface area (Å²) >= 11 is 0. The molecule has 0 atom stereocenters. The molecule has 0 aliphatic carbocycles. The molecule has 0 fully saturated rings. The van der Waals surface area contributed by atoms with Gasteiger partial charge in [0.25, 0.3) is 0 Å². The zero-order valence-corrected chi connectivity index (χ0v) is 13.5.